The molecule has 7 heteroatoms. The summed E-state index contributed by atoms with van der Waals surface area (Å²) < 4.78 is -1.48. The summed E-state index contributed by atoms with van der Waals surface area (Å²) >= 11 is 12.1. The lowest BCUT2D eigenvalue weighted by Crippen LogP contribution is -2.30. The van der Waals surface area contributed by atoms with Crippen molar-refractivity contribution in [3.05, 3.63) is 46.8 Å². The van der Waals surface area contributed by atoms with E-state index >= 15 is 0 Å². The molecule has 0 fully saturated rings. The SMILES string of the molecule is NC1=C(N)C(Cl)(Cl)C=C(C(=O)c2ccc(N)c(N)c2)C1. The van der Waals surface area contributed by atoms with Crippen LogP contribution in [0.25, 0.3) is 0 Å². The molecule has 1 aromatic carbocycles. The van der Waals surface area contributed by atoms with Crippen molar-refractivity contribution in [2.24, 2.45) is 11.5 Å². The number of rotatable bonds is 2. The molecule has 2 rings (SSSR count). The number of carbonyl (C=O) groups excluding carboxylic acids is 1. The predicted molar refractivity (Wildman–Crippen MR) is 82.1 cm³/mol. The van der Waals surface area contributed by atoms with Gasteiger partial charge in [0.25, 0.3) is 0 Å². The lowest BCUT2D eigenvalue weighted by Gasteiger charge is -2.25. The van der Waals surface area contributed by atoms with Crippen LogP contribution in [0.2, 0.25) is 0 Å². The fraction of sp³-hybridized carbons (Fsp3) is 0.154. The summed E-state index contributed by atoms with van der Waals surface area (Å²) in [4.78, 5) is 12.4. The zero-order valence-corrected chi connectivity index (χ0v) is 12.0. The molecule has 1 aromatic rings. The molecule has 1 aliphatic rings. The zero-order valence-electron chi connectivity index (χ0n) is 10.5. The van der Waals surface area contributed by atoms with Crippen LogP contribution in [-0.4, -0.2) is 10.1 Å². The summed E-state index contributed by atoms with van der Waals surface area (Å²) in [5.74, 6) is -0.266. The number of Topliss-reactive ketones (excluding diaryl/α,β-unsaturated/α-hetero) is 1. The molecule has 0 heterocycles. The van der Waals surface area contributed by atoms with Gasteiger partial charge in [-0.1, -0.05) is 23.2 Å². The third kappa shape index (κ3) is 2.55. The summed E-state index contributed by atoms with van der Waals surface area (Å²) in [6.07, 6.45) is 1.59. The van der Waals surface area contributed by atoms with E-state index in [1.165, 1.54) is 12.1 Å². The van der Waals surface area contributed by atoms with Crippen molar-refractivity contribution in [2.75, 3.05) is 11.5 Å². The van der Waals surface area contributed by atoms with Gasteiger partial charge in [0.2, 0.25) is 0 Å². The molecule has 0 atom stereocenters. The molecule has 0 saturated heterocycles. The lowest BCUT2D eigenvalue weighted by atomic mass is 9.93. The van der Waals surface area contributed by atoms with E-state index in [0.717, 1.165) is 0 Å². The van der Waals surface area contributed by atoms with Crippen LogP contribution in [0.3, 0.4) is 0 Å². The van der Waals surface area contributed by atoms with Gasteiger partial charge in [0, 0.05) is 23.3 Å². The van der Waals surface area contributed by atoms with E-state index < -0.39 is 4.33 Å². The molecule has 5 nitrogen and oxygen atoms in total. The van der Waals surface area contributed by atoms with E-state index in [1.54, 1.807) is 12.1 Å². The molecule has 0 radical (unpaired) electrons. The Hall–Kier alpha value is -1.85. The molecular weight excluding hydrogens is 299 g/mol. The molecule has 0 saturated carbocycles. The first-order chi connectivity index (χ1) is 9.22. The summed E-state index contributed by atoms with van der Waals surface area (Å²) in [7, 11) is 0. The average molecular weight is 313 g/mol. The highest BCUT2D eigenvalue weighted by atomic mass is 35.5. The number of anilines is 2. The lowest BCUT2D eigenvalue weighted by molar-refractivity contribution is 0.103. The van der Waals surface area contributed by atoms with Gasteiger partial charge in [-0.15, -0.1) is 0 Å². The van der Waals surface area contributed by atoms with Crippen molar-refractivity contribution in [2.45, 2.75) is 10.8 Å². The standard InChI is InChI=1S/C13H14Cl2N4O/c14-13(15)5-7(4-10(18)12(13)19)11(20)6-1-2-8(16)9(17)3-6/h1-3,5H,4,16-19H2. The maximum Gasteiger partial charge on any atom is 0.189 e. The van der Waals surface area contributed by atoms with Crippen molar-refractivity contribution in [1.82, 2.24) is 0 Å². The van der Waals surface area contributed by atoms with Crippen LogP contribution in [-0.2, 0) is 0 Å². The maximum atomic E-state index is 12.4. The Labute approximate surface area is 126 Å². The van der Waals surface area contributed by atoms with Crippen LogP contribution in [0.4, 0.5) is 11.4 Å². The van der Waals surface area contributed by atoms with Crippen LogP contribution in [0.1, 0.15) is 16.8 Å². The Morgan fingerprint density at radius 3 is 2.30 bits per heavy atom. The van der Waals surface area contributed by atoms with Gasteiger partial charge in [0.15, 0.2) is 10.1 Å². The van der Waals surface area contributed by atoms with Gasteiger partial charge in [-0.3, -0.25) is 4.79 Å². The number of hydrogen-bond donors (Lipinski definition) is 4. The highest BCUT2D eigenvalue weighted by molar-refractivity contribution is 6.52. The van der Waals surface area contributed by atoms with E-state index in [2.05, 4.69) is 0 Å². The number of carbonyl (C=O) groups is 1. The third-order valence-corrected chi connectivity index (χ3v) is 3.71. The van der Waals surface area contributed by atoms with Crippen LogP contribution in [0, 0.1) is 0 Å². The van der Waals surface area contributed by atoms with Crippen molar-refractivity contribution < 1.29 is 4.79 Å². The van der Waals surface area contributed by atoms with E-state index in [-0.39, 0.29) is 23.6 Å². The maximum absolute atomic E-state index is 12.4. The molecule has 0 bridgehead atoms. The van der Waals surface area contributed by atoms with Crippen molar-refractivity contribution in [1.29, 1.82) is 0 Å². The van der Waals surface area contributed by atoms with E-state index in [4.69, 9.17) is 46.1 Å². The molecule has 8 N–H and O–H groups in total. The van der Waals surface area contributed by atoms with Gasteiger partial charge in [0.05, 0.1) is 17.1 Å². The molecule has 0 aromatic heterocycles. The van der Waals surface area contributed by atoms with Gasteiger partial charge >= 0.3 is 0 Å². The minimum atomic E-state index is -1.48. The first-order valence-corrected chi connectivity index (χ1v) is 6.52. The highest BCUT2D eigenvalue weighted by Crippen LogP contribution is 2.37. The number of nitrogen functional groups attached to an aromatic ring is 2. The Morgan fingerprint density at radius 2 is 1.75 bits per heavy atom. The van der Waals surface area contributed by atoms with Gasteiger partial charge in [-0.05, 0) is 24.3 Å². The normalized spacial score (nSPS) is 17.8. The van der Waals surface area contributed by atoms with Crippen molar-refractivity contribution in [3.8, 4) is 0 Å². The van der Waals surface area contributed by atoms with Crippen molar-refractivity contribution >= 4 is 40.4 Å². The number of hydrogen-bond acceptors (Lipinski definition) is 5. The second-order valence-corrected chi connectivity index (χ2v) is 5.97. The van der Waals surface area contributed by atoms with E-state index in [0.29, 0.717) is 22.5 Å². The number of benzene rings is 1. The number of nitrogens with two attached hydrogens (primary N) is 4. The Balaban J connectivity index is 2.38. The largest absolute Gasteiger partial charge is 0.400 e. The third-order valence-electron chi connectivity index (χ3n) is 3.08. The van der Waals surface area contributed by atoms with Crippen molar-refractivity contribution in [3.63, 3.8) is 0 Å². The van der Waals surface area contributed by atoms with Gasteiger partial charge in [-0.25, -0.2) is 0 Å². The van der Waals surface area contributed by atoms with E-state index in [9.17, 15) is 4.79 Å². The second kappa shape index (κ2) is 4.92. The number of ketones is 1. The minimum Gasteiger partial charge on any atom is -0.400 e. The molecule has 0 amide bonds. The minimum absolute atomic E-state index is 0.147. The molecule has 0 unspecified atom stereocenters. The Kier molecular flexibility index (Phi) is 3.58. The fourth-order valence-corrected chi connectivity index (χ4v) is 2.42. The van der Waals surface area contributed by atoms with Gasteiger partial charge < -0.3 is 22.9 Å². The summed E-state index contributed by atoms with van der Waals surface area (Å²) in [5, 5.41) is 0. The predicted octanol–water partition coefficient (Wildman–Crippen LogP) is 1.67. The summed E-state index contributed by atoms with van der Waals surface area (Å²) in [6.45, 7) is 0. The molecule has 20 heavy (non-hydrogen) atoms. The first kappa shape index (κ1) is 14.6. The van der Waals surface area contributed by atoms with E-state index in [1.807, 2.05) is 0 Å². The highest BCUT2D eigenvalue weighted by Gasteiger charge is 2.33. The molecule has 1 aliphatic carbocycles. The first-order valence-electron chi connectivity index (χ1n) is 5.76. The van der Waals surface area contributed by atoms with Crippen LogP contribution >= 0.6 is 23.2 Å². The molecule has 106 valence electrons. The summed E-state index contributed by atoms with van der Waals surface area (Å²) in [6, 6.07) is 4.64. The average Bonchev–Trinajstić information content (AvgIpc) is 2.37. The van der Waals surface area contributed by atoms with Crippen LogP contribution in [0.15, 0.2) is 41.2 Å². The quantitative estimate of drug-likeness (QED) is 0.376. The van der Waals surface area contributed by atoms with Gasteiger partial charge in [-0.2, -0.15) is 0 Å². The number of allylic oxidation sites excluding steroid dienone is 2. The molecule has 0 aliphatic heterocycles. The Morgan fingerprint density at radius 1 is 1.10 bits per heavy atom. The monoisotopic (exact) mass is 312 g/mol. The summed E-state index contributed by atoms with van der Waals surface area (Å²) in [5.41, 5.74) is 24.7. The van der Waals surface area contributed by atoms with Crippen LogP contribution < -0.4 is 22.9 Å². The topological polar surface area (TPSA) is 121 Å². The second-order valence-electron chi connectivity index (χ2n) is 4.58. The molecule has 0 spiro atoms. The Bertz CT molecular complexity index is 650. The molecular formula is C13H14Cl2N4O. The fourth-order valence-electron chi connectivity index (χ4n) is 1.91. The van der Waals surface area contributed by atoms with Gasteiger partial charge in [0.1, 0.15) is 0 Å². The zero-order chi connectivity index (χ0) is 15.1. The van der Waals surface area contributed by atoms with Crippen LogP contribution in [0.5, 0.6) is 0 Å². The smallest absolute Gasteiger partial charge is 0.189 e. The number of alkyl halides is 2. The number of halogens is 2.